The van der Waals surface area contributed by atoms with Gasteiger partial charge < -0.3 is 19.4 Å². The highest BCUT2D eigenvalue weighted by atomic mass is 17.0. The Balaban J connectivity index is 1.58. The molecule has 0 bridgehead atoms. The largest absolute Gasteiger partial charge is 0.550 e. The SMILES string of the molecule is CC1(CC2(C)CC34OC3(CC2C(=O)[O-])O4)CCCCC1. The molecule has 0 amide bonds. The third kappa shape index (κ3) is 1.64. The van der Waals surface area contributed by atoms with Crippen LogP contribution in [0.2, 0.25) is 0 Å². The molecule has 0 aromatic carbocycles. The second kappa shape index (κ2) is 3.58. The Labute approximate surface area is 119 Å². The lowest BCUT2D eigenvalue weighted by Crippen LogP contribution is -2.47. The van der Waals surface area contributed by atoms with Crippen LogP contribution in [-0.4, -0.2) is 17.5 Å². The van der Waals surface area contributed by atoms with Crippen LogP contribution >= 0.6 is 0 Å². The van der Waals surface area contributed by atoms with E-state index in [0.29, 0.717) is 12.8 Å². The third-order valence-corrected chi connectivity index (χ3v) is 6.28. The van der Waals surface area contributed by atoms with Gasteiger partial charge in [-0.15, -0.1) is 0 Å². The maximum absolute atomic E-state index is 11.6. The number of aliphatic carboxylic acids is 1. The minimum Gasteiger partial charge on any atom is -0.550 e. The monoisotopic (exact) mass is 279 g/mol. The number of ether oxygens (including phenoxy) is 2. The van der Waals surface area contributed by atoms with Gasteiger partial charge in [-0.3, -0.25) is 0 Å². The number of carboxylic acids is 1. The molecule has 4 fully saturated rings. The first-order chi connectivity index (χ1) is 9.32. The Morgan fingerprint density at radius 2 is 1.80 bits per heavy atom. The number of epoxide rings is 2. The van der Waals surface area contributed by atoms with Crippen molar-refractivity contribution in [1.29, 1.82) is 0 Å². The molecular weight excluding hydrogens is 256 g/mol. The molecule has 4 nitrogen and oxygen atoms in total. The highest BCUT2D eigenvalue weighted by molar-refractivity contribution is 5.70. The fourth-order valence-corrected chi connectivity index (χ4v) is 5.22. The predicted molar refractivity (Wildman–Crippen MR) is 69.3 cm³/mol. The third-order valence-electron chi connectivity index (χ3n) is 6.28. The van der Waals surface area contributed by atoms with E-state index in [2.05, 4.69) is 13.8 Å². The van der Waals surface area contributed by atoms with Crippen molar-refractivity contribution in [2.45, 2.75) is 76.8 Å². The zero-order chi connectivity index (χ0) is 14.2. The van der Waals surface area contributed by atoms with Gasteiger partial charge in [-0.2, -0.15) is 0 Å². The zero-order valence-electron chi connectivity index (χ0n) is 12.4. The van der Waals surface area contributed by atoms with Gasteiger partial charge in [0.15, 0.2) is 0 Å². The lowest BCUT2D eigenvalue weighted by Gasteiger charge is -2.46. The Morgan fingerprint density at radius 3 is 2.40 bits per heavy atom. The van der Waals surface area contributed by atoms with Crippen LogP contribution in [0.25, 0.3) is 0 Å². The van der Waals surface area contributed by atoms with Crippen molar-refractivity contribution in [3.8, 4) is 0 Å². The molecule has 4 rings (SSSR count). The van der Waals surface area contributed by atoms with Crippen molar-refractivity contribution in [2.24, 2.45) is 16.7 Å². The summed E-state index contributed by atoms with van der Waals surface area (Å²) in [6.07, 6.45) is 8.41. The number of carboxylic acid groups (broad SMARTS) is 1. The van der Waals surface area contributed by atoms with E-state index in [1.54, 1.807) is 0 Å². The molecule has 0 aromatic rings. The summed E-state index contributed by atoms with van der Waals surface area (Å²) in [5.74, 6) is -2.33. The highest BCUT2D eigenvalue weighted by Gasteiger charge is 2.93. The van der Waals surface area contributed by atoms with Crippen LogP contribution in [-0.2, 0) is 14.3 Å². The van der Waals surface area contributed by atoms with E-state index in [4.69, 9.17) is 9.47 Å². The van der Waals surface area contributed by atoms with Gasteiger partial charge in [-0.1, -0.05) is 33.1 Å². The Morgan fingerprint density at radius 1 is 1.15 bits per heavy atom. The van der Waals surface area contributed by atoms with Crippen LogP contribution in [0.4, 0.5) is 0 Å². The summed E-state index contributed by atoms with van der Waals surface area (Å²) in [5, 5.41) is 11.6. The molecule has 0 aromatic heterocycles. The van der Waals surface area contributed by atoms with Crippen LogP contribution in [0.15, 0.2) is 0 Å². The smallest absolute Gasteiger partial charge is 0.230 e. The fourth-order valence-electron chi connectivity index (χ4n) is 5.22. The molecule has 4 heteroatoms. The summed E-state index contributed by atoms with van der Waals surface area (Å²) >= 11 is 0. The van der Waals surface area contributed by atoms with E-state index >= 15 is 0 Å². The average Bonchev–Trinajstić information content (AvgIpc) is 3.12. The molecule has 0 radical (unpaired) electrons. The summed E-state index contributed by atoms with van der Waals surface area (Å²) in [6.45, 7) is 4.43. The maximum Gasteiger partial charge on any atom is 0.230 e. The van der Waals surface area contributed by atoms with Crippen LogP contribution in [0.1, 0.15) is 65.2 Å². The van der Waals surface area contributed by atoms with Gasteiger partial charge in [0.25, 0.3) is 0 Å². The zero-order valence-corrected chi connectivity index (χ0v) is 12.4. The number of hydrogen-bond donors (Lipinski definition) is 0. The first kappa shape index (κ1) is 13.1. The molecule has 20 heavy (non-hydrogen) atoms. The molecule has 2 aliphatic heterocycles. The standard InChI is InChI=1S/C16H24O4/c1-13(6-4-3-5-7-13)9-14(2)10-16-15(19-16,20-16)8-11(14)12(17)18/h11H,3-10H2,1-2H3,(H,17,18)/p-1. The number of rotatable bonds is 3. The Hall–Kier alpha value is -0.610. The Kier molecular flexibility index (Phi) is 2.34. The van der Waals surface area contributed by atoms with Crippen molar-refractivity contribution in [3.63, 3.8) is 0 Å². The van der Waals surface area contributed by atoms with Crippen LogP contribution in [0, 0.1) is 16.7 Å². The molecule has 2 saturated carbocycles. The van der Waals surface area contributed by atoms with Crippen molar-refractivity contribution in [1.82, 2.24) is 0 Å². The van der Waals surface area contributed by atoms with E-state index in [9.17, 15) is 9.90 Å². The first-order valence-electron chi connectivity index (χ1n) is 7.94. The molecule has 2 saturated heterocycles. The van der Waals surface area contributed by atoms with Gasteiger partial charge in [0.2, 0.25) is 11.6 Å². The van der Waals surface area contributed by atoms with Gasteiger partial charge in [0, 0.05) is 24.7 Å². The van der Waals surface area contributed by atoms with E-state index in [1.807, 2.05) is 0 Å². The fraction of sp³-hybridized carbons (Fsp3) is 0.938. The predicted octanol–water partition coefficient (Wildman–Crippen LogP) is 1.97. The second-order valence-corrected chi connectivity index (χ2v) is 8.16. The van der Waals surface area contributed by atoms with Gasteiger partial charge in [0.1, 0.15) is 0 Å². The molecule has 2 heterocycles. The average molecular weight is 279 g/mol. The summed E-state index contributed by atoms with van der Waals surface area (Å²) in [7, 11) is 0. The lowest BCUT2D eigenvalue weighted by atomic mass is 9.58. The van der Waals surface area contributed by atoms with Gasteiger partial charge in [-0.25, -0.2) is 0 Å². The van der Waals surface area contributed by atoms with E-state index < -0.39 is 23.5 Å². The van der Waals surface area contributed by atoms with Crippen molar-refractivity contribution >= 4 is 5.97 Å². The molecule has 112 valence electrons. The molecular formula is C16H23O4-. The highest BCUT2D eigenvalue weighted by Crippen LogP contribution is 2.78. The van der Waals surface area contributed by atoms with Crippen LogP contribution in [0.5, 0.6) is 0 Å². The number of carbonyl (C=O) groups excluding carboxylic acids is 1. The summed E-state index contributed by atoms with van der Waals surface area (Å²) < 4.78 is 11.3. The summed E-state index contributed by atoms with van der Waals surface area (Å²) in [6, 6.07) is 0. The van der Waals surface area contributed by atoms with Crippen molar-refractivity contribution in [3.05, 3.63) is 0 Å². The lowest BCUT2D eigenvalue weighted by molar-refractivity contribution is -0.317. The normalized spacial score (nSPS) is 51.8. The van der Waals surface area contributed by atoms with Crippen molar-refractivity contribution < 1.29 is 19.4 Å². The molecule has 0 N–H and O–H groups in total. The molecule has 2 unspecified atom stereocenters. The molecule has 2 aliphatic carbocycles. The number of hydrogen-bond acceptors (Lipinski definition) is 4. The summed E-state index contributed by atoms with van der Waals surface area (Å²) in [5.41, 5.74) is 0.00252. The van der Waals surface area contributed by atoms with Crippen LogP contribution in [0.3, 0.4) is 0 Å². The van der Waals surface area contributed by atoms with Gasteiger partial charge in [0.05, 0.1) is 0 Å². The molecule has 4 aliphatic rings. The van der Waals surface area contributed by atoms with E-state index in [0.717, 1.165) is 6.42 Å². The first-order valence-corrected chi connectivity index (χ1v) is 7.94. The van der Waals surface area contributed by atoms with E-state index in [1.165, 1.54) is 32.1 Å². The van der Waals surface area contributed by atoms with Gasteiger partial charge >= 0.3 is 0 Å². The maximum atomic E-state index is 11.6. The minimum absolute atomic E-state index is 0.262. The summed E-state index contributed by atoms with van der Waals surface area (Å²) in [4.78, 5) is 11.6. The Bertz CT molecular complexity index is 459. The van der Waals surface area contributed by atoms with Crippen LogP contribution < -0.4 is 5.11 Å². The van der Waals surface area contributed by atoms with E-state index in [-0.39, 0.29) is 10.8 Å². The quantitative estimate of drug-likeness (QED) is 0.741. The minimum atomic E-state index is -0.930. The molecule has 0 spiro atoms. The second-order valence-electron chi connectivity index (χ2n) is 8.16. The van der Waals surface area contributed by atoms with Crippen molar-refractivity contribution in [2.75, 3.05) is 0 Å². The number of carbonyl (C=O) groups is 1. The van der Waals surface area contributed by atoms with Gasteiger partial charge in [-0.05, 0) is 30.1 Å². The molecule has 2 atom stereocenters. The topological polar surface area (TPSA) is 65.2 Å².